The SMILES string of the molecule is CC(C)(C)C(=O)/C=C(N)\C=C/c1ccccc1. The average Bonchev–Trinajstić information content (AvgIpc) is 2.26. The molecule has 2 heteroatoms. The van der Waals surface area contributed by atoms with Crippen LogP contribution >= 0.6 is 0 Å². The van der Waals surface area contributed by atoms with Crippen molar-refractivity contribution in [2.24, 2.45) is 11.1 Å². The molecule has 1 aromatic rings. The molecular weight excluding hydrogens is 210 g/mol. The summed E-state index contributed by atoms with van der Waals surface area (Å²) in [7, 11) is 0. The highest BCUT2D eigenvalue weighted by Crippen LogP contribution is 2.15. The molecule has 0 amide bonds. The summed E-state index contributed by atoms with van der Waals surface area (Å²) < 4.78 is 0. The monoisotopic (exact) mass is 229 g/mol. The predicted molar refractivity (Wildman–Crippen MR) is 72.2 cm³/mol. The molecule has 0 aliphatic heterocycles. The van der Waals surface area contributed by atoms with Gasteiger partial charge in [0.1, 0.15) is 0 Å². The molecule has 2 nitrogen and oxygen atoms in total. The van der Waals surface area contributed by atoms with E-state index in [1.54, 1.807) is 6.08 Å². The smallest absolute Gasteiger partial charge is 0.163 e. The highest BCUT2D eigenvalue weighted by atomic mass is 16.1. The summed E-state index contributed by atoms with van der Waals surface area (Å²) in [5.74, 6) is 0.0349. The molecule has 0 radical (unpaired) electrons. The molecule has 0 spiro atoms. The van der Waals surface area contributed by atoms with Crippen molar-refractivity contribution in [1.29, 1.82) is 0 Å². The van der Waals surface area contributed by atoms with Crippen LogP contribution in [0.15, 0.2) is 48.2 Å². The van der Waals surface area contributed by atoms with Crippen LogP contribution in [-0.2, 0) is 4.79 Å². The van der Waals surface area contributed by atoms with Gasteiger partial charge in [-0.2, -0.15) is 0 Å². The molecule has 90 valence electrons. The quantitative estimate of drug-likeness (QED) is 0.639. The van der Waals surface area contributed by atoms with Crippen molar-refractivity contribution in [2.45, 2.75) is 20.8 Å². The molecule has 0 saturated heterocycles. The lowest BCUT2D eigenvalue weighted by molar-refractivity contribution is -0.121. The molecule has 0 aliphatic rings. The maximum absolute atomic E-state index is 11.7. The molecule has 1 rings (SSSR count). The van der Waals surface area contributed by atoms with Crippen LogP contribution in [0.2, 0.25) is 0 Å². The normalized spacial score (nSPS) is 13.0. The third kappa shape index (κ3) is 4.68. The van der Waals surface area contributed by atoms with E-state index in [-0.39, 0.29) is 11.2 Å². The molecule has 0 bridgehead atoms. The molecule has 0 atom stereocenters. The van der Waals surface area contributed by atoms with E-state index in [0.29, 0.717) is 5.70 Å². The first-order valence-corrected chi connectivity index (χ1v) is 5.64. The summed E-state index contributed by atoms with van der Waals surface area (Å²) in [4.78, 5) is 11.7. The van der Waals surface area contributed by atoms with Crippen molar-refractivity contribution in [3.05, 3.63) is 53.7 Å². The molecular formula is C15H19NO. The second-order valence-corrected chi connectivity index (χ2v) is 5.00. The van der Waals surface area contributed by atoms with Crippen molar-refractivity contribution in [3.8, 4) is 0 Å². The van der Waals surface area contributed by atoms with Gasteiger partial charge in [-0.1, -0.05) is 57.2 Å². The molecule has 1 aromatic carbocycles. The van der Waals surface area contributed by atoms with Gasteiger partial charge in [-0.3, -0.25) is 4.79 Å². The third-order valence-electron chi connectivity index (χ3n) is 2.30. The summed E-state index contributed by atoms with van der Waals surface area (Å²) in [5, 5.41) is 0. The van der Waals surface area contributed by atoms with Gasteiger partial charge in [0.25, 0.3) is 0 Å². The van der Waals surface area contributed by atoms with Crippen LogP contribution in [0.3, 0.4) is 0 Å². The van der Waals surface area contributed by atoms with Crippen LogP contribution in [0, 0.1) is 5.41 Å². The fraction of sp³-hybridized carbons (Fsp3) is 0.267. The Balaban J connectivity index is 2.73. The number of hydrogen-bond acceptors (Lipinski definition) is 2. The third-order valence-corrected chi connectivity index (χ3v) is 2.30. The van der Waals surface area contributed by atoms with E-state index in [2.05, 4.69) is 0 Å². The van der Waals surface area contributed by atoms with Crippen LogP contribution in [0.5, 0.6) is 0 Å². The number of ketones is 1. The number of rotatable bonds is 3. The highest BCUT2D eigenvalue weighted by molar-refractivity contribution is 5.94. The van der Waals surface area contributed by atoms with Gasteiger partial charge in [-0.15, -0.1) is 0 Å². The highest BCUT2D eigenvalue weighted by Gasteiger charge is 2.18. The Kier molecular flexibility index (Phi) is 4.27. The minimum Gasteiger partial charge on any atom is -0.399 e. The zero-order valence-electron chi connectivity index (χ0n) is 10.6. The molecule has 0 heterocycles. The molecule has 2 N–H and O–H groups in total. The summed E-state index contributed by atoms with van der Waals surface area (Å²) in [6.07, 6.45) is 5.13. The van der Waals surface area contributed by atoms with Gasteiger partial charge in [0.15, 0.2) is 5.78 Å². The van der Waals surface area contributed by atoms with Gasteiger partial charge in [0.05, 0.1) is 0 Å². The summed E-state index contributed by atoms with van der Waals surface area (Å²) in [5.41, 5.74) is 6.93. The maximum Gasteiger partial charge on any atom is 0.163 e. The standard InChI is InChI=1S/C15H19NO/c1-15(2,3)14(17)11-13(16)10-9-12-7-5-4-6-8-12/h4-11H,16H2,1-3H3/b10-9-,13-11+. The lowest BCUT2D eigenvalue weighted by Crippen LogP contribution is -2.18. The number of carbonyl (C=O) groups excluding carboxylic acids is 1. The zero-order valence-corrected chi connectivity index (χ0v) is 10.6. The van der Waals surface area contributed by atoms with E-state index in [0.717, 1.165) is 5.56 Å². The van der Waals surface area contributed by atoms with Crippen molar-refractivity contribution in [1.82, 2.24) is 0 Å². The van der Waals surface area contributed by atoms with Crippen LogP contribution in [-0.4, -0.2) is 5.78 Å². The number of nitrogens with two attached hydrogens (primary N) is 1. The summed E-state index contributed by atoms with van der Waals surface area (Å²) in [6, 6.07) is 9.84. The van der Waals surface area contributed by atoms with Crippen molar-refractivity contribution in [3.63, 3.8) is 0 Å². The Morgan fingerprint density at radius 1 is 1.18 bits per heavy atom. The van der Waals surface area contributed by atoms with Crippen molar-refractivity contribution in [2.75, 3.05) is 0 Å². The van der Waals surface area contributed by atoms with E-state index in [9.17, 15) is 4.79 Å². The topological polar surface area (TPSA) is 43.1 Å². The molecule has 0 aliphatic carbocycles. The van der Waals surface area contributed by atoms with E-state index >= 15 is 0 Å². The van der Waals surface area contributed by atoms with Gasteiger partial charge < -0.3 is 5.73 Å². The van der Waals surface area contributed by atoms with E-state index in [1.165, 1.54) is 6.08 Å². The number of allylic oxidation sites excluding steroid dienone is 2. The van der Waals surface area contributed by atoms with Crippen molar-refractivity contribution >= 4 is 11.9 Å². The number of hydrogen-bond donors (Lipinski definition) is 1. The Labute approximate surface area is 103 Å². The molecule has 17 heavy (non-hydrogen) atoms. The molecule has 0 aromatic heterocycles. The lowest BCUT2D eigenvalue weighted by Gasteiger charge is -2.13. The van der Waals surface area contributed by atoms with E-state index in [4.69, 9.17) is 5.73 Å². The van der Waals surface area contributed by atoms with Crippen LogP contribution in [0.1, 0.15) is 26.3 Å². The Morgan fingerprint density at radius 2 is 1.76 bits per heavy atom. The van der Waals surface area contributed by atoms with Gasteiger partial charge in [-0.25, -0.2) is 0 Å². The van der Waals surface area contributed by atoms with Crippen LogP contribution < -0.4 is 5.73 Å². The van der Waals surface area contributed by atoms with Gasteiger partial charge in [-0.05, 0) is 11.6 Å². The van der Waals surface area contributed by atoms with Gasteiger partial charge >= 0.3 is 0 Å². The minimum atomic E-state index is -0.384. The first-order valence-electron chi connectivity index (χ1n) is 5.64. The van der Waals surface area contributed by atoms with E-state index in [1.807, 2.05) is 57.2 Å². The largest absolute Gasteiger partial charge is 0.399 e. The summed E-state index contributed by atoms with van der Waals surface area (Å²) >= 11 is 0. The maximum atomic E-state index is 11.7. The second-order valence-electron chi connectivity index (χ2n) is 5.00. The fourth-order valence-corrected chi connectivity index (χ4v) is 1.17. The molecule has 0 saturated carbocycles. The first-order chi connectivity index (χ1) is 7.89. The first kappa shape index (κ1) is 13.2. The van der Waals surface area contributed by atoms with Gasteiger partial charge in [0, 0.05) is 17.2 Å². The average molecular weight is 229 g/mol. The van der Waals surface area contributed by atoms with Crippen LogP contribution in [0.4, 0.5) is 0 Å². The van der Waals surface area contributed by atoms with Gasteiger partial charge in [0.2, 0.25) is 0 Å². The molecule has 0 unspecified atom stereocenters. The van der Waals surface area contributed by atoms with Crippen molar-refractivity contribution < 1.29 is 4.79 Å². The predicted octanol–water partition coefficient (Wildman–Crippen LogP) is 3.16. The zero-order chi connectivity index (χ0) is 12.9. The number of carbonyl (C=O) groups is 1. The number of benzene rings is 1. The van der Waals surface area contributed by atoms with E-state index < -0.39 is 0 Å². The minimum absolute atomic E-state index is 0.0349. The molecule has 0 fully saturated rings. The summed E-state index contributed by atoms with van der Waals surface area (Å²) in [6.45, 7) is 5.63. The Morgan fingerprint density at radius 3 is 2.29 bits per heavy atom. The fourth-order valence-electron chi connectivity index (χ4n) is 1.17. The second kappa shape index (κ2) is 5.48. The Hall–Kier alpha value is -1.83. The Bertz CT molecular complexity index is 436. The van der Waals surface area contributed by atoms with Crippen LogP contribution in [0.25, 0.3) is 6.08 Å². The lowest BCUT2D eigenvalue weighted by atomic mass is 9.90.